The number of hydrogen-bond donors (Lipinski definition) is 2. The van der Waals surface area contributed by atoms with E-state index in [2.05, 4.69) is 21.2 Å². The third-order valence-electron chi connectivity index (χ3n) is 2.50. The maximum atomic E-state index is 5.93. The topological polar surface area (TPSA) is 38.0 Å². The highest BCUT2D eigenvalue weighted by atomic mass is 79.9. The molecule has 0 radical (unpaired) electrons. The van der Waals surface area contributed by atoms with Crippen molar-refractivity contribution in [3.8, 4) is 0 Å². The second-order valence-electron chi connectivity index (χ2n) is 3.39. The van der Waals surface area contributed by atoms with Crippen molar-refractivity contribution < 1.29 is 0 Å². The van der Waals surface area contributed by atoms with Crippen LogP contribution < -0.4 is 11.1 Å². The van der Waals surface area contributed by atoms with Gasteiger partial charge in [0.25, 0.3) is 0 Å². The predicted molar refractivity (Wildman–Crippen MR) is 58.5 cm³/mol. The van der Waals surface area contributed by atoms with Gasteiger partial charge in [0, 0.05) is 21.8 Å². The van der Waals surface area contributed by atoms with E-state index in [1.165, 1.54) is 18.4 Å². The molecule has 3 heteroatoms. The quantitative estimate of drug-likeness (QED) is 0.741. The van der Waals surface area contributed by atoms with Crippen molar-refractivity contribution in [3.05, 3.63) is 28.2 Å². The van der Waals surface area contributed by atoms with E-state index >= 15 is 0 Å². The first-order valence-electron chi connectivity index (χ1n) is 4.56. The van der Waals surface area contributed by atoms with Gasteiger partial charge < -0.3 is 11.1 Å². The molecule has 70 valence electrons. The van der Waals surface area contributed by atoms with Gasteiger partial charge in [-0.3, -0.25) is 0 Å². The zero-order valence-corrected chi connectivity index (χ0v) is 8.97. The minimum Gasteiger partial charge on any atom is -0.398 e. The van der Waals surface area contributed by atoms with E-state index in [-0.39, 0.29) is 0 Å². The second kappa shape index (κ2) is 3.68. The first-order valence-corrected chi connectivity index (χ1v) is 5.35. The minimum absolute atomic E-state index is 0.440. The van der Waals surface area contributed by atoms with Crippen LogP contribution in [0.2, 0.25) is 0 Å². The summed E-state index contributed by atoms with van der Waals surface area (Å²) in [4.78, 5) is 0. The van der Waals surface area contributed by atoms with Gasteiger partial charge in [-0.15, -0.1) is 0 Å². The predicted octanol–water partition coefficient (Wildman–Crippen LogP) is 2.46. The number of anilines is 1. The molecule has 1 saturated heterocycles. The summed E-state index contributed by atoms with van der Waals surface area (Å²) >= 11 is 3.54. The smallest absolute Gasteiger partial charge is 0.0373 e. The number of nitrogens with one attached hydrogen (secondary N) is 1. The zero-order valence-electron chi connectivity index (χ0n) is 7.39. The van der Waals surface area contributed by atoms with Crippen molar-refractivity contribution in [2.24, 2.45) is 0 Å². The molecule has 0 saturated carbocycles. The van der Waals surface area contributed by atoms with E-state index in [9.17, 15) is 0 Å². The van der Waals surface area contributed by atoms with Crippen LogP contribution in [0.15, 0.2) is 22.7 Å². The summed E-state index contributed by atoms with van der Waals surface area (Å²) in [5.74, 6) is 0. The van der Waals surface area contributed by atoms with Crippen molar-refractivity contribution in [3.63, 3.8) is 0 Å². The molecule has 0 amide bonds. The standard InChI is InChI=1S/C10H13BrN2/c11-7-3-1-4-8(12)10(7)9-5-2-6-13-9/h1,3-4,9,13H,2,5-6,12H2/t9-/m1/s1. The van der Waals surface area contributed by atoms with Crippen LogP contribution in [0.4, 0.5) is 5.69 Å². The van der Waals surface area contributed by atoms with Crippen LogP contribution in [0.1, 0.15) is 24.4 Å². The summed E-state index contributed by atoms with van der Waals surface area (Å²) < 4.78 is 1.12. The molecule has 1 fully saturated rings. The van der Waals surface area contributed by atoms with Gasteiger partial charge >= 0.3 is 0 Å². The Kier molecular flexibility index (Phi) is 2.56. The Labute approximate surface area is 86.6 Å². The molecule has 1 aromatic carbocycles. The highest BCUT2D eigenvalue weighted by Crippen LogP contribution is 2.33. The molecule has 1 heterocycles. The molecule has 1 atom stereocenters. The van der Waals surface area contributed by atoms with Crippen LogP contribution in [0.3, 0.4) is 0 Å². The van der Waals surface area contributed by atoms with Crippen molar-refractivity contribution in [1.29, 1.82) is 0 Å². The van der Waals surface area contributed by atoms with Gasteiger partial charge in [-0.25, -0.2) is 0 Å². The molecule has 0 bridgehead atoms. The number of nitrogen functional groups attached to an aromatic ring is 1. The summed E-state index contributed by atoms with van der Waals surface area (Å²) in [7, 11) is 0. The largest absolute Gasteiger partial charge is 0.398 e. The maximum Gasteiger partial charge on any atom is 0.0373 e. The molecule has 0 unspecified atom stereocenters. The fourth-order valence-electron chi connectivity index (χ4n) is 1.85. The highest BCUT2D eigenvalue weighted by molar-refractivity contribution is 9.10. The maximum absolute atomic E-state index is 5.93. The summed E-state index contributed by atoms with van der Waals surface area (Å²) in [5.41, 5.74) is 8.04. The van der Waals surface area contributed by atoms with Gasteiger partial charge in [-0.2, -0.15) is 0 Å². The number of halogens is 1. The number of nitrogens with two attached hydrogens (primary N) is 1. The Morgan fingerprint density at radius 2 is 2.31 bits per heavy atom. The van der Waals surface area contributed by atoms with Crippen molar-refractivity contribution >= 4 is 21.6 Å². The summed E-state index contributed by atoms with van der Waals surface area (Å²) in [5, 5.41) is 3.44. The third-order valence-corrected chi connectivity index (χ3v) is 3.19. The molecule has 0 aliphatic carbocycles. The minimum atomic E-state index is 0.440. The molecular formula is C10H13BrN2. The normalized spacial score (nSPS) is 22.1. The fourth-order valence-corrected chi connectivity index (χ4v) is 2.51. The average Bonchev–Trinajstić information content (AvgIpc) is 2.57. The molecule has 1 aromatic rings. The first-order chi connectivity index (χ1) is 6.29. The summed E-state index contributed by atoms with van der Waals surface area (Å²) in [6, 6.07) is 6.42. The van der Waals surface area contributed by atoms with Gasteiger partial charge in [-0.1, -0.05) is 22.0 Å². The van der Waals surface area contributed by atoms with E-state index in [1.54, 1.807) is 0 Å². The third kappa shape index (κ3) is 1.71. The van der Waals surface area contributed by atoms with Crippen LogP contribution >= 0.6 is 15.9 Å². The molecule has 0 aromatic heterocycles. The Morgan fingerprint density at radius 1 is 1.46 bits per heavy atom. The SMILES string of the molecule is Nc1cccc(Br)c1[C@H]1CCCN1. The van der Waals surface area contributed by atoms with E-state index < -0.39 is 0 Å². The lowest BCUT2D eigenvalue weighted by Gasteiger charge is -2.15. The Balaban J connectivity index is 2.37. The van der Waals surface area contributed by atoms with Crippen molar-refractivity contribution in [2.75, 3.05) is 12.3 Å². The van der Waals surface area contributed by atoms with Gasteiger partial charge in [0.05, 0.1) is 0 Å². The summed E-state index contributed by atoms with van der Waals surface area (Å²) in [6.07, 6.45) is 2.43. The highest BCUT2D eigenvalue weighted by Gasteiger charge is 2.20. The lowest BCUT2D eigenvalue weighted by molar-refractivity contribution is 0.647. The van der Waals surface area contributed by atoms with Gasteiger partial charge in [0.2, 0.25) is 0 Å². The lowest BCUT2D eigenvalue weighted by Crippen LogP contribution is -2.15. The van der Waals surface area contributed by atoms with E-state index in [1.807, 2.05) is 18.2 Å². The average molecular weight is 241 g/mol. The summed E-state index contributed by atoms with van der Waals surface area (Å²) in [6.45, 7) is 1.10. The Hall–Kier alpha value is -0.540. The molecule has 3 N–H and O–H groups in total. The molecule has 13 heavy (non-hydrogen) atoms. The monoisotopic (exact) mass is 240 g/mol. The number of rotatable bonds is 1. The second-order valence-corrected chi connectivity index (χ2v) is 4.25. The lowest BCUT2D eigenvalue weighted by atomic mass is 10.0. The van der Waals surface area contributed by atoms with Gasteiger partial charge in [0.1, 0.15) is 0 Å². The van der Waals surface area contributed by atoms with Crippen molar-refractivity contribution in [1.82, 2.24) is 5.32 Å². The van der Waals surface area contributed by atoms with Crippen LogP contribution in [0.5, 0.6) is 0 Å². The zero-order chi connectivity index (χ0) is 9.26. The van der Waals surface area contributed by atoms with E-state index in [0.29, 0.717) is 6.04 Å². The first kappa shape index (κ1) is 9.03. The Morgan fingerprint density at radius 3 is 2.92 bits per heavy atom. The molecule has 1 aliphatic heterocycles. The fraction of sp³-hybridized carbons (Fsp3) is 0.400. The van der Waals surface area contributed by atoms with Crippen molar-refractivity contribution in [2.45, 2.75) is 18.9 Å². The van der Waals surface area contributed by atoms with Crippen LogP contribution in [0.25, 0.3) is 0 Å². The van der Waals surface area contributed by atoms with Gasteiger partial charge in [-0.05, 0) is 31.5 Å². The molecular weight excluding hydrogens is 228 g/mol. The van der Waals surface area contributed by atoms with Crippen LogP contribution in [-0.2, 0) is 0 Å². The van der Waals surface area contributed by atoms with Gasteiger partial charge in [0.15, 0.2) is 0 Å². The van der Waals surface area contributed by atoms with Crippen LogP contribution in [-0.4, -0.2) is 6.54 Å². The molecule has 0 spiro atoms. The Bertz CT molecular complexity index is 286. The van der Waals surface area contributed by atoms with E-state index in [4.69, 9.17) is 5.73 Å². The molecule has 1 aliphatic rings. The molecule has 2 rings (SSSR count). The van der Waals surface area contributed by atoms with Crippen LogP contribution in [0, 0.1) is 0 Å². The number of benzene rings is 1. The number of hydrogen-bond acceptors (Lipinski definition) is 2. The van der Waals surface area contributed by atoms with E-state index in [0.717, 1.165) is 16.7 Å². The molecule has 2 nitrogen and oxygen atoms in total.